The van der Waals surface area contributed by atoms with Crippen molar-refractivity contribution >= 4 is 37.3 Å². The van der Waals surface area contributed by atoms with E-state index in [4.69, 9.17) is 20.1 Å². The van der Waals surface area contributed by atoms with E-state index in [1.807, 2.05) is 12.2 Å². The van der Waals surface area contributed by atoms with Gasteiger partial charge in [0.05, 0.1) is 0 Å². The molecule has 100 valence electrons. The van der Waals surface area contributed by atoms with Gasteiger partial charge in [-0.05, 0) is 22.1 Å². The summed E-state index contributed by atoms with van der Waals surface area (Å²) in [4.78, 5) is 0. The Balaban J connectivity index is 2.08. The topological polar surface area (TPSA) is 80.9 Å². The monoisotopic (exact) mass is 268 g/mol. The van der Waals surface area contributed by atoms with E-state index in [1.165, 1.54) is 0 Å². The third-order valence-corrected chi connectivity index (χ3v) is 2.94. The zero-order chi connectivity index (χ0) is 14.5. The number of benzene rings is 2. The Morgan fingerprint density at radius 2 is 0.850 bits per heavy atom. The molecule has 0 aliphatic rings. The van der Waals surface area contributed by atoms with E-state index >= 15 is 0 Å². The summed E-state index contributed by atoms with van der Waals surface area (Å²) in [6, 6.07) is 13.7. The van der Waals surface area contributed by atoms with Gasteiger partial charge in [-0.3, -0.25) is 0 Å². The van der Waals surface area contributed by atoms with Gasteiger partial charge in [0.1, 0.15) is 0 Å². The fourth-order valence-electron chi connectivity index (χ4n) is 1.75. The van der Waals surface area contributed by atoms with Crippen LogP contribution in [0.15, 0.2) is 48.5 Å². The van der Waals surface area contributed by atoms with Gasteiger partial charge in [0, 0.05) is 0 Å². The zero-order valence-corrected chi connectivity index (χ0v) is 10.7. The summed E-state index contributed by atoms with van der Waals surface area (Å²) in [5.74, 6) is 0. The van der Waals surface area contributed by atoms with Crippen molar-refractivity contribution in [2.45, 2.75) is 0 Å². The Kier molecular flexibility index (Phi) is 4.76. The lowest BCUT2D eigenvalue weighted by Crippen LogP contribution is -2.29. The van der Waals surface area contributed by atoms with Gasteiger partial charge < -0.3 is 20.1 Å². The van der Waals surface area contributed by atoms with Crippen LogP contribution in [0.1, 0.15) is 11.1 Å². The second kappa shape index (κ2) is 6.54. The van der Waals surface area contributed by atoms with Crippen molar-refractivity contribution in [1.82, 2.24) is 0 Å². The van der Waals surface area contributed by atoms with Gasteiger partial charge in [-0.2, -0.15) is 0 Å². The lowest BCUT2D eigenvalue weighted by atomic mass is 9.80. The van der Waals surface area contributed by atoms with Crippen molar-refractivity contribution in [3.05, 3.63) is 59.7 Å². The first-order valence-corrected chi connectivity index (χ1v) is 6.16. The number of rotatable bonds is 4. The lowest BCUT2D eigenvalue weighted by Gasteiger charge is -2.01. The van der Waals surface area contributed by atoms with Crippen LogP contribution in [0.2, 0.25) is 0 Å². The largest absolute Gasteiger partial charge is 0.488 e. The Labute approximate surface area is 117 Å². The van der Waals surface area contributed by atoms with Crippen LogP contribution in [-0.2, 0) is 0 Å². The summed E-state index contributed by atoms with van der Waals surface area (Å²) in [5.41, 5.74) is 2.76. The molecule has 0 aromatic heterocycles. The van der Waals surface area contributed by atoms with Crippen LogP contribution < -0.4 is 10.9 Å². The fourth-order valence-corrected chi connectivity index (χ4v) is 1.75. The van der Waals surface area contributed by atoms with E-state index in [1.54, 1.807) is 48.5 Å². The predicted octanol–water partition coefficient (Wildman–Crippen LogP) is -0.783. The van der Waals surface area contributed by atoms with Gasteiger partial charge >= 0.3 is 14.2 Å². The molecule has 2 aromatic carbocycles. The van der Waals surface area contributed by atoms with Crippen molar-refractivity contribution in [3.63, 3.8) is 0 Å². The molecule has 2 rings (SSSR count). The molecule has 4 N–H and O–H groups in total. The highest BCUT2D eigenvalue weighted by atomic mass is 16.4. The minimum atomic E-state index is -1.45. The molecule has 2 aromatic rings. The molecule has 0 spiro atoms. The maximum Gasteiger partial charge on any atom is 0.488 e. The van der Waals surface area contributed by atoms with Crippen LogP contribution in [0.4, 0.5) is 0 Å². The van der Waals surface area contributed by atoms with E-state index in [9.17, 15) is 0 Å². The summed E-state index contributed by atoms with van der Waals surface area (Å²) in [6.45, 7) is 0. The second-order valence-electron chi connectivity index (χ2n) is 4.41. The fraction of sp³-hybridized carbons (Fsp3) is 0. The third-order valence-electron chi connectivity index (χ3n) is 2.94. The predicted molar refractivity (Wildman–Crippen MR) is 81.5 cm³/mol. The quantitative estimate of drug-likeness (QED) is 0.433. The molecule has 0 fully saturated rings. The van der Waals surface area contributed by atoms with Crippen molar-refractivity contribution in [1.29, 1.82) is 0 Å². The van der Waals surface area contributed by atoms with Gasteiger partial charge in [0.25, 0.3) is 0 Å². The van der Waals surface area contributed by atoms with Gasteiger partial charge in [-0.25, -0.2) is 0 Å². The molecular formula is C14H14B2O4. The average Bonchev–Trinajstić information content (AvgIpc) is 2.46. The molecule has 0 aliphatic heterocycles. The molecule has 0 aliphatic carbocycles. The highest BCUT2D eigenvalue weighted by Gasteiger charge is 2.09. The highest BCUT2D eigenvalue weighted by molar-refractivity contribution is 6.58. The molecule has 0 heterocycles. The molecule has 0 unspecified atom stereocenters. The average molecular weight is 268 g/mol. The highest BCUT2D eigenvalue weighted by Crippen LogP contribution is 2.06. The first kappa shape index (κ1) is 14.6. The van der Waals surface area contributed by atoms with Crippen LogP contribution in [0.25, 0.3) is 12.2 Å². The summed E-state index contributed by atoms with van der Waals surface area (Å²) >= 11 is 0. The molecule has 0 amide bonds. The molecule has 0 bridgehead atoms. The van der Waals surface area contributed by atoms with Crippen LogP contribution in [0.5, 0.6) is 0 Å². The third kappa shape index (κ3) is 3.82. The van der Waals surface area contributed by atoms with Crippen LogP contribution >= 0.6 is 0 Å². The SMILES string of the molecule is OB(O)c1ccc(C=Cc2ccc(B(O)O)cc2)cc1. The van der Waals surface area contributed by atoms with Gasteiger partial charge in [-0.15, -0.1) is 0 Å². The smallest absolute Gasteiger partial charge is 0.423 e. The lowest BCUT2D eigenvalue weighted by molar-refractivity contribution is 0.424. The molecule has 6 heteroatoms. The summed E-state index contributed by atoms with van der Waals surface area (Å²) in [5, 5.41) is 36.0. The minimum absolute atomic E-state index is 0.448. The van der Waals surface area contributed by atoms with E-state index in [-0.39, 0.29) is 0 Å². The van der Waals surface area contributed by atoms with E-state index in [2.05, 4.69) is 0 Å². The van der Waals surface area contributed by atoms with Crippen molar-refractivity contribution in [3.8, 4) is 0 Å². The Hall–Kier alpha value is -1.85. The Morgan fingerprint density at radius 3 is 1.10 bits per heavy atom. The summed E-state index contributed by atoms with van der Waals surface area (Å²) in [6.07, 6.45) is 3.77. The number of hydrogen-bond donors (Lipinski definition) is 4. The summed E-state index contributed by atoms with van der Waals surface area (Å²) in [7, 11) is -2.91. The van der Waals surface area contributed by atoms with Crippen LogP contribution in [0.3, 0.4) is 0 Å². The Bertz CT molecular complexity index is 524. The molecule has 4 nitrogen and oxygen atoms in total. The van der Waals surface area contributed by atoms with Crippen LogP contribution in [-0.4, -0.2) is 34.3 Å². The standard InChI is InChI=1S/C14H14B2O4/c17-15(18)13-7-3-11(4-8-13)1-2-12-5-9-14(10-6-12)16(19)20/h1-10,17-20H. The number of hydrogen-bond acceptors (Lipinski definition) is 4. The molecule has 0 saturated heterocycles. The molecule has 0 saturated carbocycles. The van der Waals surface area contributed by atoms with Crippen molar-refractivity contribution in [2.24, 2.45) is 0 Å². The minimum Gasteiger partial charge on any atom is -0.423 e. The molecule has 20 heavy (non-hydrogen) atoms. The first-order valence-electron chi connectivity index (χ1n) is 6.16. The van der Waals surface area contributed by atoms with E-state index in [0.29, 0.717) is 10.9 Å². The van der Waals surface area contributed by atoms with Crippen molar-refractivity contribution < 1.29 is 20.1 Å². The Morgan fingerprint density at radius 1 is 0.550 bits per heavy atom. The van der Waals surface area contributed by atoms with Gasteiger partial charge in [0.15, 0.2) is 0 Å². The summed E-state index contributed by atoms with van der Waals surface area (Å²) < 4.78 is 0. The first-order chi connectivity index (χ1) is 9.56. The molecule has 0 radical (unpaired) electrons. The van der Waals surface area contributed by atoms with Gasteiger partial charge in [-0.1, -0.05) is 60.7 Å². The van der Waals surface area contributed by atoms with Gasteiger partial charge in [0.2, 0.25) is 0 Å². The second-order valence-corrected chi connectivity index (χ2v) is 4.41. The van der Waals surface area contributed by atoms with Crippen molar-refractivity contribution in [2.75, 3.05) is 0 Å². The van der Waals surface area contributed by atoms with Crippen LogP contribution in [0, 0.1) is 0 Å². The van der Waals surface area contributed by atoms with E-state index in [0.717, 1.165) is 11.1 Å². The molecular weight excluding hydrogens is 254 g/mol. The van der Waals surface area contributed by atoms with E-state index < -0.39 is 14.2 Å². The zero-order valence-electron chi connectivity index (χ0n) is 10.7. The normalized spacial score (nSPS) is 10.8. The maximum atomic E-state index is 8.99. The maximum absolute atomic E-state index is 8.99. The molecule has 0 atom stereocenters.